The minimum Gasteiger partial charge on any atom is -0.744 e. The van der Waals surface area contributed by atoms with Gasteiger partial charge >= 0.3 is 35.5 Å². The first kappa shape index (κ1) is 19.1. The number of ether oxygens (including phenoxy) is 1. The molecule has 0 radical (unpaired) electrons. The molecular formula is C15H15NaO5S. The number of esters is 1. The van der Waals surface area contributed by atoms with Crippen LogP contribution in [0.4, 0.5) is 0 Å². The molecule has 0 saturated carbocycles. The number of rotatable bonds is 5. The van der Waals surface area contributed by atoms with Crippen LogP contribution in [0.5, 0.6) is 0 Å². The Morgan fingerprint density at radius 2 is 1.86 bits per heavy atom. The number of benzene rings is 2. The van der Waals surface area contributed by atoms with Gasteiger partial charge in [-0.3, -0.25) is 0 Å². The van der Waals surface area contributed by atoms with Crippen LogP contribution in [0.3, 0.4) is 0 Å². The molecule has 2 aromatic rings. The molecule has 22 heavy (non-hydrogen) atoms. The maximum absolute atomic E-state index is 12.2. The molecule has 112 valence electrons. The van der Waals surface area contributed by atoms with E-state index in [-0.39, 0.29) is 41.7 Å². The third-order valence-electron chi connectivity index (χ3n) is 3.10. The molecule has 0 aromatic heterocycles. The van der Waals surface area contributed by atoms with E-state index < -0.39 is 21.0 Å². The van der Waals surface area contributed by atoms with Gasteiger partial charge in [0, 0.05) is 0 Å². The van der Waals surface area contributed by atoms with Crippen molar-refractivity contribution in [3.8, 4) is 0 Å². The first-order chi connectivity index (χ1) is 9.95. The average molecular weight is 330 g/mol. The zero-order chi connectivity index (χ0) is 15.5. The van der Waals surface area contributed by atoms with E-state index in [4.69, 9.17) is 4.74 Å². The van der Waals surface area contributed by atoms with Gasteiger partial charge in [-0.15, -0.1) is 0 Å². The van der Waals surface area contributed by atoms with Gasteiger partial charge in [0.25, 0.3) is 0 Å². The van der Waals surface area contributed by atoms with Crippen molar-refractivity contribution >= 4 is 26.9 Å². The molecule has 0 aliphatic heterocycles. The van der Waals surface area contributed by atoms with Crippen LogP contribution in [-0.4, -0.2) is 25.5 Å². The van der Waals surface area contributed by atoms with Crippen LogP contribution < -0.4 is 29.6 Å². The van der Waals surface area contributed by atoms with Crippen molar-refractivity contribution < 1.29 is 52.1 Å². The van der Waals surface area contributed by atoms with Crippen molar-refractivity contribution in [3.05, 3.63) is 42.0 Å². The van der Waals surface area contributed by atoms with E-state index in [2.05, 4.69) is 0 Å². The fourth-order valence-corrected chi connectivity index (χ4v) is 2.73. The second-order valence-corrected chi connectivity index (χ2v) is 5.95. The fraction of sp³-hybridized carbons (Fsp3) is 0.267. The summed E-state index contributed by atoms with van der Waals surface area (Å²) in [6.45, 7) is 2.14. The van der Waals surface area contributed by atoms with E-state index in [1.807, 2.05) is 6.92 Å². The van der Waals surface area contributed by atoms with Gasteiger partial charge in [-0.1, -0.05) is 43.7 Å². The third kappa shape index (κ3) is 4.30. The smallest absolute Gasteiger partial charge is 0.744 e. The minimum absolute atomic E-state index is 0. The van der Waals surface area contributed by atoms with E-state index in [1.165, 1.54) is 6.07 Å². The molecule has 0 amide bonds. The summed E-state index contributed by atoms with van der Waals surface area (Å²) in [5.41, 5.74) is -0.181. The largest absolute Gasteiger partial charge is 1.00 e. The Labute approximate surface area is 151 Å². The molecule has 0 fully saturated rings. The van der Waals surface area contributed by atoms with Gasteiger partial charge in [0.05, 0.1) is 17.1 Å². The summed E-state index contributed by atoms with van der Waals surface area (Å²) in [7, 11) is -4.75. The minimum atomic E-state index is -4.75. The monoisotopic (exact) mass is 330 g/mol. The van der Waals surface area contributed by atoms with Crippen LogP contribution >= 0.6 is 0 Å². The molecule has 2 aromatic carbocycles. The Hall–Kier alpha value is -0.920. The first-order valence-corrected chi connectivity index (χ1v) is 8.00. The zero-order valence-corrected chi connectivity index (χ0v) is 15.4. The molecule has 0 spiro atoms. The summed E-state index contributed by atoms with van der Waals surface area (Å²) < 4.78 is 39.2. The number of carbonyl (C=O) groups excluding carboxylic acids is 1. The van der Waals surface area contributed by atoms with Crippen LogP contribution in [-0.2, 0) is 14.9 Å². The van der Waals surface area contributed by atoms with Gasteiger partial charge in [0.2, 0.25) is 0 Å². The second-order valence-electron chi connectivity index (χ2n) is 4.60. The van der Waals surface area contributed by atoms with Crippen LogP contribution in [0.1, 0.15) is 30.1 Å². The molecule has 2 rings (SSSR count). The SMILES string of the molecule is CCCCOC(=O)c1c(S(=O)(=O)[O-])ccc2ccccc12.[Na+]. The average Bonchev–Trinajstić information content (AvgIpc) is 2.45. The standard InChI is InChI=1S/C15H16O5S.Na/c1-2-3-10-20-15(16)14-12-7-5-4-6-11(12)8-9-13(14)21(17,18)19;/h4-9H,2-3,10H2,1H3,(H,17,18,19);/q;+1/p-1. The van der Waals surface area contributed by atoms with Crippen molar-refractivity contribution in [2.45, 2.75) is 24.7 Å². The first-order valence-electron chi connectivity index (χ1n) is 6.60. The Balaban J connectivity index is 0.00000242. The van der Waals surface area contributed by atoms with Gasteiger partial charge < -0.3 is 9.29 Å². The Morgan fingerprint density at radius 1 is 1.18 bits per heavy atom. The van der Waals surface area contributed by atoms with Crippen molar-refractivity contribution in [1.29, 1.82) is 0 Å². The van der Waals surface area contributed by atoms with Gasteiger partial charge in [-0.25, -0.2) is 13.2 Å². The molecule has 0 N–H and O–H groups in total. The van der Waals surface area contributed by atoms with Crippen molar-refractivity contribution in [2.24, 2.45) is 0 Å². The van der Waals surface area contributed by atoms with E-state index in [0.717, 1.165) is 12.5 Å². The molecule has 0 bridgehead atoms. The predicted molar refractivity (Wildman–Crippen MR) is 77.1 cm³/mol. The summed E-state index contributed by atoms with van der Waals surface area (Å²) in [6.07, 6.45) is 1.52. The van der Waals surface area contributed by atoms with Crippen molar-refractivity contribution in [3.63, 3.8) is 0 Å². The quantitative estimate of drug-likeness (QED) is 0.325. The maximum atomic E-state index is 12.2. The number of carbonyl (C=O) groups is 1. The summed E-state index contributed by atoms with van der Waals surface area (Å²) in [4.78, 5) is 11.6. The third-order valence-corrected chi connectivity index (χ3v) is 3.97. The zero-order valence-electron chi connectivity index (χ0n) is 12.5. The summed E-state index contributed by atoms with van der Waals surface area (Å²) >= 11 is 0. The predicted octanol–water partition coefficient (Wildman–Crippen LogP) is -0.295. The van der Waals surface area contributed by atoms with Crippen LogP contribution in [0, 0.1) is 0 Å². The molecule has 0 aliphatic rings. The molecule has 7 heteroatoms. The van der Waals surface area contributed by atoms with Gasteiger partial charge in [0.15, 0.2) is 0 Å². The molecule has 0 heterocycles. The van der Waals surface area contributed by atoms with Crippen LogP contribution in [0.2, 0.25) is 0 Å². The fourth-order valence-electron chi connectivity index (χ4n) is 2.05. The van der Waals surface area contributed by atoms with E-state index >= 15 is 0 Å². The van der Waals surface area contributed by atoms with E-state index in [9.17, 15) is 17.8 Å². The number of fused-ring (bicyclic) bond motifs is 1. The van der Waals surface area contributed by atoms with Gasteiger partial charge in [0.1, 0.15) is 10.1 Å². The molecule has 0 aliphatic carbocycles. The maximum Gasteiger partial charge on any atom is 1.00 e. The number of unbranched alkanes of at least 4 members (excludes halogenated alkanes) is 1. The topological polar surface area (TPSA) is 83.5 Å². The van der Waals surface area contributed by atoms with Crippen LogP contribution in [0.15, 0.2) is 41.3 Å². The molecule has 5 nitrogen and oxygen atoms in total. The number of hydrogen-bond acceptors (Lipinski definition) is 5. The van der Waals surface area contributed by atoms with E-state index in [1.54, 1.807) is 24.3 Å². The second kappa shape index (κ2) is 8.08. The number of hydrogen-bond donors (Lipinski definition) is 0. The van der Waals surface area contributed by atoms with Crippen LogP contribution in [0.25, 0.3) is 10.8 Å². The molecule has 0 saturated heterocycles. The van der Waals surface area contributed by atoms with Gasteiger partial charge in [-0.2, -0.15) is 0 Å². The molecular weight excluding hydrogens is 315 g/mol. The molecule has 0 unspecified atom stereocenters. The normalized spacial score (nSPS) is 11.0. The Morgan fingerprint density at radius 3 is 2.50 bits per heavy atom. The summed E-state index contributed by atoms with van der Waals surface area (Å²) in [5.74, 6) is -0.783. The van der Waals surface area contributed by atoms with E-state index in [0.29, 0.717) is 17.2 Å². The summed E-state index contributed by atoms with van der Waals surface area (Å²) in [5, 5.41) is 1.07. The Bertz CT molecular complexity index is 771. The summed E-state index contributed by atoms with van der Waals surface area (Å²) in [6, 6.07) is 9.43. The molecule has 0 atom stereocenters. The Kier molecular flexibility index (Phi) is 7.02. The van der Waals surface area contributed by atoms with Crippen molar-refractivity contribution in [1.82, 2.24) is 0 Å². The van der Waals surface area contributed by atoms with Crippen molar-refractivity contribution in [2.75, 3.05) is 6.61 Å². The van der Waals surface area contributed by atoms with Gasteiger partial charge in [-0.05, 0) is 23.3 Å².